The number of sulfone groups is 1. The summed E-state index contributed by atoms with van der Waals surface area (Å²) in [5, 5.41) is 3.96. The van der Waals surface area contributed by atoms with E-state index in [9.17, 15) is 13.2 Å². The first kappa shape index (κ1) is 16.5. The molecule has 2 unspecified atom stereocenters. The molecule has 7 heteroatoms. The van der Waals surface area contributed by atoms with Crippen LogP contribution in [-0.2, 0) is 19.4 Å². The Hall–Kier alpha value is -0.920. The fraction of sp³-hybridized carbons (Fsp3) is 0.643. The van der Waals surface area contributed by atoms with Crippen LogP contribution in [0, 0.1) is 0 Å². The maximum Gasteiger partial charge on any atom is 0.243 e. The largest absolute Gasteiger partial charge is 0.367 e. The highest BCUT2D eigenvalue weighted by Gasteiger charge is 2.43. The molecular weight excluding hydrogens is 310 g/mol. The van der Waals surface area contributed by atoms with Crippen molar-refractivity contribution in [2.45, 2.75) is 37.7 Å². The third-order valence-electron chi connectivity index (χ3n) is 3.90. The van der Waals surface area contributed by atoms with E-state index >= 15 is 0 Å². The zero-order valence-corrected chi connectivity index (χ0v) is 14.3. The molecule has 5 nitrogen and oxygen atoms in total. The van der Waals surface area contributed by atoms with Gasteiger partial charge in [-0.1, -0.05) is 0 Å². The Morgan fingerprint density at radius 1 is 1.43 bits per heavy atom. The van der Waals surface area contributed by atoms with Crippen LogP contribution in [0.4, 0.5) is 0 Å². The highest BCUT2D eigenvalue weighted by molar-refractivity contribution is 7.92. The summed E-state index contributed by atoms with van der Waals surface area (Å²) < 4.78 is 28.2. The van der Waals surface area contributed by atoms with Gasteiger partial charge in [-0.2, -0.15) is 11.3 Å². The molecule has 0 aromatic carbocycles. The molecule has 0 spiro atoms. The lowest BCUT2D eigenvalue weighted by Crippen LogP contribution is -2.55. The van der Waals surface area contributed by atoms with Crippen LogP contribution in [0.2, 0.25) is 0 Å². The molecule has 1 aliphatic rings. The first-order valence-electron chi connectivity index (χ1n) is 6.79. The molecule has 2 heterocycles. The molecule has 1 saturated heterocycles. The van der Waals surface area contributed by atoms with E-state index < -0.39 is 14.6 Å². The molecule has 0 radical (unpaired) electrons. The number of ether oxygens (including phenoxy) is 1. The zero-order valence-electron chi connectivity index (χ0n) is 12.7. The quantitative estimate of drug-likeness (QED) is 0.848. The molecule has 1 amide bonds. The zero-order chi connectivity index (χ0) is 15.8. The molecule has 0 bridgehead atoms. The highest BCUT2D eigenvalue weighted by atomic mass is 32.2. The third kappa shape index (κ3) is 3.30. The number of hydrogen-bond acceptors (Lipinski definition) is 5. The number of carbonyl (C=O) groups is 1. The molecule has 1 aromatic rings. The van der Waals surface area contributed by atoms with E-state index in [2.05, 4.69) is 0 Å². The lowest BCUT2D eigenvalue weighted by Gasteiger charge is -2.39. The molecule has 0 N–H and O–H groups in total. The van der Waals surface area contributed by atoms with E-state index in [1.165, 1.54) is 13.8 Å². The third-order valence-corrected chi connectivity index (χ3v) is 6.63. The predicted octanol–water partition coefficient (Wildman–Crippen LogP) is 1.86. The van der Waals surface area contributed by atoms with Gasteiger partial charge in [-0.3, -0.25) is 4.79 Å². The van der Waals surface area contributed by atoms with Crippen molar-refractivity contribution in [2.75, 3.05) is 19.3 Å². The molecule has 21 heavy (non-hydrogen) atoms. The van der Waals surface area contributed by atoms with Crippen LogP contribution in [0.1, 0.15) is 32.4 Å². The number of amides is 1. The highest BCUT2D eigenvalue weighted by Crippen LogP contribution is 2.29. The summed E-state index contributed by atoms with van der Waals surface area (Å²) >= 11 is 1.57. The van der Waals surface area contributed by atoms with Crippen molar-refractivity contribution in [1.29, 1.82) is 0 Å². The Morgan fingerprint density at radius 3 is 2.62 bits per heavy atom. The van der Waals surface area contributed by atoms with Gasteiger partial charge in [0.2, 0.25) is 5.91 Å². The monoisotopic (exact) mass is 331 g/mol. The van der Waals surface area contributed by atoms with Gasteiger partial charge < -0.3 is 9.64 Å². The van der Waals surface area contributed by atoms with E-state index in [1.54, 1.807) is 16.2 Å². The van der Waals surface area contributed by atoms with E-state index in [1.807, 2.05) is 23.8 Å². The van der Waals surface area contributed by atoms with Crippen molar-refractivity contribution in [3.05, 3.63) is 22.4 Å². The van der Waals surface area contributed by atoms with E-state index in [-0.39, 0.29) is 18.1 Å². The molecule has 0 saturated carbocycles. The summed E-state index contributed by atoms with van der Waals surface area (Å²) in [6, 6.07) is 1.97. The molecule has 1 aromatic heterocycles. The number of morpholine rings is 1. The van der Waals surface area contributed by atoms with Crippen LogP contribution in [0.25, 0.3) is 0 Å². The van der Waals surface area contributed by atoms with E-state index in [0.29, 0.717) is 13.1 Å². The second-order valence-corrected chi connectivity index (χ2v) is 9.33. The normalized spacial score (nSPS) is 24.1. The topological polar surface area (TPSA) is 63.7 Å². The SMILES string of the molecule is CC1CN(C(=O)C(C)(C)S(C)(=O)=O)CC(c2ccsc2)O1. The summed E-state index contributed by atoms with van der Waals surface area (Å²) in [6.07, 6.45) is 0.785. The Kier molecular flexibility index (Phi) is 4.46. The van der Waals surface area contributed by atoms with E-state index in [0.717, 1.165) is 11.8 Å². The maximum absolute atomic E-state index is 12.6. The van der Waals surface area contributed by atoms with Crippen LogP contribution in [0.5, 0.6) is 0 Å². The minimum Gasteiger partial charge on any atom is -0.367 e. The van der Waals surface area contributed by atoms with Crippen LogP contribution >= 0.6 is 11.3 Å². The summed E-state index contributed by atoms with van der Waals surface area (Å²) in [4.78, 5) is 14.2. The first-order chi connectivity index (χ1) is 9.63. The minimum absolute atomic E-state index is 0.122. The van der Waals surface area contributed by atoms with Gasteiger partial charge in [0.15, 0.2) is 9.84 Å². The number of nitrogens with zero attached hydrogens (tertiary/aromatic N) is 1. The van der Waals surface area contributed by atoms with Crippen molar-refractivity contribution < 1.29 is 17.9 Å². The molecule has 1 fully saturated rings. The summed E-state index contributed by atoms with van der Waals surface area (Å²) in [7, 11) is -3.47. The van der Waals surface area contributed by atoms with Crippen LogP contribution in [0.3, 0.4) is 0 Å². The number of hydrogen-bond donors (Lipinski definition) is 0. The molecule has 0 aliphatic carbocycles. The second-order valence-electron chi connectivity index (χ2n) is 5.98. The Labute approximate surface area is 129 Å². The number of rotatable bonds is 3. The summed E-state index contributed by atoms with van der Waals surface area (Å²) in [5.74, 6) is -0.361. The van der Waals surface area contributed by atoms with Gasteiger partial charge in [-0.25, -0.2) is 8.42 Å². The average Bonchev–Trinajstić information content (AvgIpc) is 2.89. The lowest BCUT2D eigenvalue weighted by atomic mass is 10.1. The Morgan fingerprint density at radius 2 is 2.10 bits per heavy atom. The van der Waals surface area contributed by atoms with Crippen LogP contribution < -0.4 is 0 Å². The predicted molar refractivity (Wildman–Crippen MR) is 83.1 cm³/mol. The van der Waals surface area contributed by atoms with Gasteiger partial charge >= 0.3 is 0 Å². The standard InChI is InChI=1S/C14H21NO4S2/c1-10-7-15(13(16)14(2,3)21(4,17)18)8-12(19-10)11-5-6-20-9-11/h5-6,9-10,12H,7-8H2,1-4H3. The Bertz CT molecular complexity index is 607. The van der Waals surface area contributed by atoms with Crippen molar-refractivity contribution in [1.82, 2.24) is 4.90 Å². The minimum atomic E-state index is -3.47. The Balaban J connectivity index is 2.22. The molecule has 2 atom stereocenters. The van der Waals surface area contributed by atoms with Crippen molar-refractivity contribution in [2.24, 2.45) is 0 Å². The fourth-order valence-electron chi connectivity index (χ4n) is 2.30. The molecule has 1 aliphatic heterocycles. The fourth-order valence-corrected chi connectivity index (χ4v) is 3.45. The molecule has 118 valence electrons. The van der Waals surface area contributed by atoms with Gasteiger partial charge in [-0.15, -0.1) is 0 Å². The smallest absolute Gasteiger partial charge is 0.243 e. The first-order valence-corrected chi connectivity index (χ1v) is 9.63. The summed E-state index contributed by atoms with van der Waals surface area (Å²) in [6.45, 7) is 5.62. The van der Waals surface area contributed by atoms with Gasteiger partial charge in [0.25, 0.3) is 0 Å². The van der Waals surface area contributed by atoms with Crippen molar-refractivity contribution >= 4 is 27.1 Å². The van der Waals surface area contributed by atoms with E-state index in [4.69, 9.17) is 4.74 Å². The van der Waals surface area contributed by atoms with Crippen molar-refractivity contribution in [3.8, 4) is 0 Å². The summed E-state index contributed by atoms with van der Waals surface area (Å²) in [5.41, 5.74) is 1.03. The molecule has 2 rings (SSSR count). The van der Waals surface area contributed by atoms with Gasteiger partial charge in [-0.05, 0) is 43.2 Å². The van der Waals surface area contributed by atoms with Crippen molar-refractivity contribution in [3.63, 3.8) is 0 Å². The van der Waals surface area contributed by atoms with Gasteiger partial charge in [0.1, 0.15) is 10.9 Å². The number of carbonyl (C=O) groups excluding carboxylic acids is 1. The van der Waals surface area contributed by atoms with Gasteiger partial charge in [0, 0.05) is 12.8 Å². The second kappa shape index (κ2) is 5.70. The van der Waals surface area contributed by atoms with Crippen LogP contribution in [0.15, 0.2) is 16.8 Å². The maximum atomic E-state index is 12.6. The lowest BCUT2D eigenvalue weighted by molar-refractivity contribution is -0.146. The average molecular weight is 331 g/mol. The van der Waals surface area contributed by atoms with Crippen LogP contribution in [-0.4, -0.2) is 49.4 Å². The van der Waals surface area contributed by atoms with Gasteiger partial charge in [0.05, 0.1) is 12.6 Å². The molecular formula is C14H21NO4S2. The number of thiophene rings is 1.